The molecule has 1 aromatic heterocycles. The third kappa shape index (κ3) is 4.62. The zero-order valence-corrected chi connectivity index (χ0v) is 16.3. The van der Waals surface area contributed by atoms with Crippen molar-refractivity contribution >= 4 is 35.1 Å². The van der Waals surface area contributed by atoms with Gasteiger partial charge in [-0.25, -0.2) is 9.37 Å². The Morgan fingerprint density at radius 1 is 1.31 bits per heavy atom. The molecular formula is C20H26FN7O. The smallest absolute Gasteiger partial charge is 0.252 e. The Labute approximate surface area is 168 Å². The number of rotatable bonds is 6. The molecule has 29 heavy (non-hydrogen) atoms. The molecule has 2 aromatic rings. The molecule has 8 N–H and O–H groups in total. The highest BCUT2D eigenvalue weighted by Gasteiger charge is 2.24. The van der Waals surface area contributed by atoms with E-state index in [1.54, 1.807) is 31.5 Å². The number of nitrogens with zero attached hydrogens (tertiary/aromatic N) is 2. The number of halogens is 1. The number of para-hydroxylation sites is 1. The van der Waals surface area contributed by atoms with Crippen molar-refractivity contribution in [2.45, 2.75) is 37.8 Å². The molecule has 0 spiro atoms. The molecular weight excluding hydrogens is 373 g/mol. The number of carbonyl (C=O) groups is 1. The van der Waals surface area contributed by atoms with Crippen molar-refractivity contribution in [2.24, 2.45) is 16.5 Å². The Hall–Kier alpha value is -3.20. The lowest BCUT2D eigenvalue weighted by Crippen LogP contribution is -2.43. The highest BCUT2D eigenvalue weighted by molar-refractivity contribution is 6.00. The summed E-state index contributed by atoms with van der Waals surface area (Å²) in [4.78, 5) is 20.1. The van der Waals surface area contributed by atoms with Gasteiger partial charge in [0, 0.05) is 30.9 Å². The molecule has 1 saturated carbocycles. The normalized spacial score (nSPS) is 19.3. The molecule has 1 amide bonds. The van der Waals surface area contributed by atoms with Crippen LogP contribution in [0.15, 0.2) is 29.3 Å². The summed E-state index contributed by atoms with van der Waals surface area (Å²) in [5, 5.41) is 6.08. The molecule has 1 aliphatic carbocycles. The Morgan fingerprint density at radius 3 is 2.76 bits per heavy atom. The number of pyridine rings is 1. The van der Waals surface area contributed by atoms with Crippen molar-refractivity contribution in [3.63, 3.8) is 0 Å². The lowest BCUT2D eigenvalue weighted by Gasteiger charge is -2.30. The monoisotopic (exact) mass is 399 g/mol. The number of carbonyl (C=O) groups excluding carboxylic acids is 1. The molecule has 3 rings (SSSR count). The summed E-state index contributed by atoms with van der Waals surface area (Å²) in [5.41, 5.74) is 19.3. The zero-order valence-electron chi connectivity index (χ0n) is 16.3. The van der Waals surface area contributed by atoms with Crippen LogP contribution in [0.25, 0.3) is 0 Å². The Kier molecular flexibility index (Phi) is 6.28. The Morgan fingerprint density at radius 2 is 2.07 bits per heavy atom. The van der Waals surface area contributed by atoms with E-state index in [9.17, 15) is 9.18 Å². The van der Waals surface area contributed by atoms with Crippen LogP contribution in [0.2, 0.25) is 0 Å². The summed E-state index contributed by atoms with van der Waals surface area (Å²) in [5.74, 6) is -1.33. The number of anilines is 4. The second-order valence-corrected chi connectivity index (χ2v) is 7.10. The van der Waals surface area contributed by atoms with Gasteiger partial charge in [0.15, 0.2) is 11.6 Å². The third-order valence-corrected chi connectivity index (χ3v) is 5.04. The van der Waals surface area contributed by atoms with Crippen LogP contribution >= 0.6 is 0 Å². The predicted molar refractivity (Wildman–Crippen MR) is 114 cm³/mol. The van der Waals surface area contributed by atoms with Crippen LogP contribution in [0.5, 0.6) is 0 Å². The number of aromatic nitrogens is 1. The van der Waals surface area contributed by atoms with E-state index in [2.05, 4.69) is 20.6 Å². The number of benzene rings is 1. The maximum absolute atomic E-state index is 14.6. The second-order valence-electron chi connectivity index (χ2n) is 7.10. The molecule has 154 valence electrons. The first-order chi connectivity index (χ1) is 13.9. The van der Waals surface area contributed by atoms with Gasteiger partial charge in [-0.15, -0.1) is 0 Å². The molecule has 0 bridgehead atoms. The van der Waals surface area contributed by atoms with Crippen LogP contribution in [-0.4, -0.2) is 36.2 Å². The van der Waals surface area contributed by atoms with Gasteiger partial charge < -0.3 is 27.8 Å². The molecule has 1 aromatic carbocycles. The molecule has 2 atom stereocenters. The van der Waals surface area contributed by atoms with E-state index in [0.29, 0.717) is 16.9 Å². The Bertz CT molecular complexity index is 931. The summed E-state index contributed by atoms with van der Waals surface area (Å²) in [6.45, 7) is 0. The summed E-state index contributed by atoms with van der Waals surface area (Å²) in [6.07, 6.45) is 5.38. The van der Waals surface area contributed by atoms with Crippen LogP contribution in [0, 0.1) is 5.82 Å². The van der Waals surface area contributed by atoms with Crippen molar-refractivity contribution < 1.29 is 9.18 Å². The van der Waals surface area contributed by atoms with Gasteiger partial charge in [-0.3, -0.25) is 9.79 Å². The van der Waals surface area contributed by atoms with Crippen LogP contribution in [0.4, 0.5) is 27.4 Å². The van der Waals surface area contributed by atoms with Crippen molar-refractivity contribution in [3.05, 3.63) is 41.2 Å². The fourth-order valence-electron chi connectivity index (χ4n) is 3.46. The van der Waals surface area contributed by atoms with E-state index < -0.39 is 11.7 Å². The van der Waals surface area contributed by atoms with Crippen LogP contribution in [0.1, 0.15) is 41.6 Å². The minimum atomic E-state index is -0.801. The lowest BCUT2D eigenvalue weighted by atomic mass is 9.91. The topological polar surface area (TPSA) is 144 Å². The highest BCUT2D eigenvalue weighted by Crippen LogP contribution is 2.29. The molecule has 1 heterocycles. The van der Waals surface area contributed by atoms with Gasteiger partial charge >= 0.3 is 0 Å². The molecule has 0 saturated heterocycles. The standard InChI is InChI=1S/C20H26FN7O/c1-25-10-11-5-4-8-16(17(11)23)27-19-12(18(24)29)9-13(21)20(28-19)26-15-7-3-2-6-14(15)22/h4-5,8-10,14-15H,2-3,6-7,22-23H2,1H3,(H2,24,29)(H2,26,27,28). The maximum Gasteiger partial charge on any atom is 0.252 e. The first-order valence-electron chi connectivity index (χ1n) is 9.50. The molecule has 0 aliphatic heterocycles. The molecule has 9 heteroatoms. The van der Waals surface area contributed by atoms with Gasteiger partial charge in [0.1, 0.15) is 5.82 Å². The summed E-state index contributed by atoms with van der Waals surface area (Å²) < 4.78 is 14.6. The number of aliphatic imine (C=N–C) groups is 1. The van der Waals surface area contributed by atoms with Crippen LogP contribution in [-0.2, 0) is 0 Å². The van der Waals surface area contributed by atoms with Crippen LogP contribution < -0.4 is 27.8 Å². The molecule has 0 radical (unpaired) electrons. The molecule has 1 aliphatic rings. The number of nitrogens with two attached hydrogens (primary N) is 3. The second kappa shape index (κ2) is 8.87. The van der Waals surface area contributed by atoms with Crippen molar-refractivity contribution in [3.8, 4) is 0 Å². The predicted octanol–water partition coefficient (Wildman–Crippen LogP) is 2.38. The summed E-state index contributed by atoms with van der Waals surface area (Å²) in [7, 11) is 1.64. The summed E-state index contributed by atoms with van der Waals surface area (Å²) in [6, 6.07) is 6.20. The molecule has 8 nitrogen and oxygen atoms in total. The minimum absolute atomic E-state index is 0.0182. The first-order valence-corrected chi connectivity index (χ1v) is 9.50. The quantitative estimate of drug-likeness (QED) is 0.372. The molecule has 2 unspecified atom stereocenters. The zero-order chi connectivity index (χ0) is 21.0. The van der Waals surface area contributed by atoms with E-state index in [0.717, 1.165) is 31.7 Å². The number of hydrogen-bond donors (Lipinski definition) is 5. The fraction of sp³-hybridized carbons (Fsp3) is 0.350. The van der Waals surface area contributed by atoms with Gasteiger partial charge in [-0.2, -0.15) is 0 Å². The minimum Gasteiger partial charge on any atom is -0.397 e. The SMILES string of the molecule is CN=Cc1cccc(Nc2nc(NC3CCCCC3N)c(F)cc2C(N)=O)c1N. The highest BCUT2D eigenvalue weighted by atomic mass is 19.1. The number of amides is 1. The van der Waals surface area contributed by atoms with E-state index in [-0.39, 0.29) is 29.3 Å². The first kappa shape index (κ1) is 20.5. The molecule has 1 fully saturated rings. The van der Waals surface area contributed by atoms with Crippen LogP contribution in [0.3, 0.4) is 0 Å². The van der Waals surface area contributed by atoms with E-state index >= 15 is 0 Å². The van der Waals surface area contributed by atoms with Gasteiger partial charge in [0.25, 0.3) is 5.91 Å². The number of nitrogens with one attached hydrogen (secondary N) is 2. The van der Waals surface area contributed by atoms with Crippen molar-refractivity contribution in [2.75, 3.05) is 23.4 Å². The Balaban J connectivity index is 1.96. The lowest BCUT2D eigenvalue weighted by molar-refractivity contribution is 0.100. The van der Waals surface area contributed by atoms with E-state index in [1.807, 2.05) is 0 Å². The van der Waals surface area contributed by atoms with E-state index in [1.165, 1.54) is 0 Å². The van der Waals surface area contributed by atoms with Gasteiger partial charge in [-0.05, 0) is 25.0 Å². The van der Waals surface area contributed by atoms with Gasteiger partial charge in [-0.1, -0.05) is 25.0 Å². The fourth-order valence-corrected chi connectivity index (χ4v) is 3.46. The van der Waals surface area contributed by atoms with E-state index in [4.69, 9.17) is 17.2 Å². The largest absolute Gasteiger partial charge is 0.397 e. The average molecular weight is 399 g/mol. The van der Waals surface area contributed by atoms with Crippen molar-refractivity contribution in [1.82, 2.24) is 4.98 Å². The maximum atomic E-state index is 14.6. The number of nitrogen functional groups attached to an aromatic ring is 1. The van der Waals surface area contributed by atoms with Gasteiger partial charge in [0.2, 0.25) is 0 Å². The average Bonchev–Trinajstić information content (AvgIpc) is 2.69. The third-order valence-electron chi connectivity index (χ3n) is 5.04. The number of primary amides is 1. The van der Waals surface area contributed by atoms with Gasteiger partial charge in [0.05, 0.1) is 16.9 Å². The number of hydrogen-bond acceptors (Lipinski definition) is 7. The van der Waals surface area contributed by atoms with Crippen molar-refractivity contribution in [1.29, 1.82) is 0 Å². The summed E-state index contributed by atoms with van der Waals surface area (Å²) >= 11 is 0.